The van der Waals surface area contributed by atoms with E-state index >= 15 is 0 Å². The number of hydrogen-bond donors (Lipinski definition) is 2. The van der Waals surface area contributed by atoms with Crippen LogP contribution in [-0.4, -0.2) is 29.8 Å². The summed E-state index contributed by atoms with van der Waals surface area (Å²) in [4.78, 5) is 26.9. The average Bonchev–Trinajstić information content (AvgIpc) is 3.28. The van der Waals surface area contributed by atoms with Crippen LogP contribution in [-0.2, 0) is 22.6 Å². The van der Waals surface area contributed by atoms with Gasteiger partial charge in [0.1, 0.15) is 5.76 Å². The first-order valence-corrected chi connectivity index (χ1v) is 10.2. The Morgan fingerprint density at radius 1 is 1.03 bits per heavy atom. The molecule has 0 aliphatic carbocycles. The highest BCUT2D eigenvalue weighted by Crippen LogP contribution is 2.28. The van der Waals surface area contributed by atoms with E-state index in [4.69, 9.17) is 16.0 Å². The zero-order valence-corrected chi connectivity index (χ0v) is 17.1. The molecule has 0 radical (unpaired) electrons. The summed E-state index contributed by atoms with van der Waals surface area (Å²) in [6, 6.07) is 18.6. The maximum Gasteiger partial charge on any atom is 0.313 e. The lowest BCUT2D eigenvalue weighted by Gasteiger charge is -2.34. The minimum absolute atomic E-state index is 0.170. The lowest BCUT2D eigenvalue weighted by molar-refractivity contribution is -0.136. The molecule has 2 aromatic carbocycles. The summed E-state index contributed by atoms with van der Waals surface area (Å²) in [6.45, 7) is 1.86. The molecule has 7 heteroatoms. The second-order valence-electron chi connectivity index (χ2n) is 7.19. The van der Waals surface area contributed by atoms with Gasteiger partial charge in [-0.05, 0) is 47.9 Å². The SMILES string of the molecule is O=C(NC[C@H](c1ccco1)N1CCc2ccccc2C1)C(=O)Nc1cccc(Cl)c1. The van der Waals surface area contributed by atoms with Crippen molar-refractivity contribution in [2.75, 3.05) is 18.4 Å². The highest BCUT2D eigenvalue weighted by molar-refractivity contribution is 6.39. The predicted octanol–water partition coefficient (Wildman–Crippen LogP) is 3.79. The summed E-state index contributed by atoms with van der Waals surface area (Å²) in [5.41, 5.74) is 3.08. The molecule has 30 heavy (non-hydrogen) atoms. The minimum Gasteiger partial charge on any atom is -0.468 e. The number of carbonyl (C=O) groups is 2. The quantitative estimate of drug-likeness (QED) is 0.612. The third-order valence-electron chi connectivity index (χ3n) is 5.22. The molecular formula is C23H22ClN3O3. The van der Waals surface area contributed by atoms with E-state index < -0.39 is 11.8 Å². The second kappa shape index (κ2) is 9.15. The number of amides is 2. The number of furan rings is 1. The van der Waals surface area contributed by atoms with Crippen LogP contribution in [0.25, 0.3) is 0 Å². The van der Waals surface area contributed by atoms with Crippen molar-refractivity contribution in [1.29, 1.82) is 0 Å². The Hall–Kier alpha value is -3.09. The van der Waals surface area contributed by atoms with Gasteiger partial charge in [-0.25, -0.2) is 0 Å². The molecule has 1 aliphatic rings. The van der Waals surface area contributed by atoms with Gasteiger partial charge in [0.15, 0.2) is 0 Å². The molecule has 1 aromatic heterocycles. The van der Waals surface area contributed by atoms with Crippen molar-refractivity contribution >= 4 is 29.1 Å². The molecule has 0 spiro atoms. The van der Waals surface area contributed by atoms with Crippen molar-refractivity contribution in [1.82, 2.24) is 10.2 Å². The van der Waals surface area contributed by atoms with Crippen LogP contribution in [0.4, 0.5) is 5.69 Å². The maximum absolute atomic E-state index is 12.4. The molecule has 2 amide bonds. The van der Waals surface area contributed by atoms with Gasteiger partial charge in [-0.3, -0.25) is 14.5 Å². The number of nitrogens with one attached hydrogen (secondary N) is 2. The summed E-state index contributed by atoms with van der Waals surface area (Å²) in [5, 5.41) is 5.79. The molecule has 0 unspecified atom stereocenters. The number of anilines is 1. The largest absolute Gasteiger partial charge is 0.468 e. The number of nitrogens with zero attached hydrogens (tertiary/aromatic N) is 1. The summed E-state index contributed by atoms with van der Waals surface area (Å²) >= 11 is 5.92. The summed E-state index contributed by atoms with van der Waals surface area (Å²) in [5.74, 6) is -0.687. The van der Waals surface area contributed by atoms with Gasteiger partial charge in [-0.15, -0.1) is 0 Å². The topological polar surface area (TPSA) is 74.6 Å². The first-order valence-electron chi connectivity index (χ1n) is 9.79. The molecule has 0 bridgehead atoms. The van der Waals surface area contributed by atoms with Gasteiger partial charge in [0, 0.05) is 30.3 Å². The van der Waals surface area contributed by atoms with Gasteiger partial charge in [-0.2, -0.15) is 0 Å². The first kappa shape index (κ1) is 20.2. The number of halogens is 1. The maximum atomic E-state index is 12.4. The molecule has 154 valence electrons. The fourth-order valence-electron chi connectivity index (χ4n) is 3.70. The van der Waals surface area contributed by atoms with Crippen molar-refractivity contribution in [3.05, 3.63) is 88.8 Å². The molecule has 6 nitrogen and oxygen atoms in total. The Morgan fingerprint density at radius 3 is 2.63 bits per heavy atom. The molecule has 0 saturated heterocycles. The number of rotatable bonds is 5. The van der Waals surface area contributed by atoms with Crippen LogP contribution in [0, 0.1) is 0 Å². The Bertz CT molecular complexity index is 1040. The van der Waals surface area contributed by atoms with Crippen molar-refractivity contribution < 1.29 is 14.0 Å². The van der Waals surface area contributed by atoms with E-state index in [2.05, 4.69) is 33.7 Å². The standard InChI is InChI=1S/C23H22ClN3O3/c24-18-7-3-8-19(13-18)26-23(29)22(28)25-14-20(21-9-4-12-30-21)27-11-10-16-5-1-2-6-17(16)15-27/h1-9,12-13,20H,10-11,14-15H2,(H,25,28)(H,26,29)/t20-/m1/s1. The fraction of sp³-hybridized carbons (Fsp3) is 0.217. The van der Waals surface area contributed by atoms with E-state index in [1.54, 1.807) is 30.5 Å². The van der Waals surface area contributed by atoms with E-state index in [9.17, 15) is 9.59 Å². The second-order valence-corrected chi connectivity index (χ2v) is 7.63. The average molecular weight is 424 g/mol. The Kier molecular flexibility index (Phi) is 6.16. The van der Waals surface area contributed by atoms with Crippen molar-refractivity contribution in [3.8, 4) is 0 Å². The van der Waals surface area contributed by atoms with Crippen molar-refractivity contribution in [2.45, 2.75) is 19.0 Å². The summed E-state index contributed by atoms with van der Waals surface area (Å²) in [6.07, 6.45) is 2.55. The van der Waals surface area contributed by atoms with E-state index in [0.29, 0.717) is 10.7 Å². The molecule has 3 aromatic rings. The normalized spacial score (nSPS) is 14.6. The van der Waals surface area contributed by atoms with Crippen LogP contribution in [0.2, 0.25) is 5.02 Å². The molecule has 2 N–H and O–H groups in total. The van der Waals surface area contributed by atoms with Gasteiger partial charge < -0.3 is 15.1 Å². The van der Waals surface area contributed by atoms with Gasteiger partial charge in [-0.1, -0.05) is 41.9 Å². The molecular weight excluding hydrogens is 402 g/mol. The van der Waals surface area contributed by atoms with Crippen LogP contribution in [0.3, 0.4) is 0 Å². The summed E-state index contributed by atoms with van der Waals surface area (Å²) in [7, 11) is 0. The number of carbonyl (C=O) groups excluding carboxylic acids is 2. The van der Waals surface area contributed by atoms with Gasteiger partial charge in [0.25, 0.3) is 0 Å². The number of fused-ring (bicyclic) bond motifs is 1. The first-order chi connectivity index (χ1) is 14.6. The van der Waals surface area contributed by atoms with Crippen LogP contribution in [0.15, 0.2) is 71.3 Å². The van der Waals surface area contributed by atoms with E-state index in [1.807, 2.05) is 18.2 Å². The van der Waals surface area contributed by atoms with Crippen LogP contribution < -0.4 is 10.6 Å². The van der Waals surface area contributed by atoms with Gasteiger partial charge in [0.05, 0.1) is 12.3 Å². The van der Waals surface area contributed by atoms with Gasteiger partial charge in [0.2, 0.25) is 0 Å². The Balaban J connectivity index is 1.42. The van der Waals surface area contributed by atoms with E-state index in [0.717, 1.165) is 25.3 Å². The Labute approximate surface area is 179 Å². The number of benzene rings is 2. The highest BCUT2D eigenvalue weighted by atomic mass is 35.5. The Morgan fingerprint density at radius 2 is 1.87 bits per heavy atom. The molecule has 2 heterocycles. The molecule has 1 atom stereocenters. The van der Waals surface area contributed by atoms with Crippen LogP contribution in [0.5, 0.6) is 0 Å². The third kappa shape index (κ3) is 4.72. The lowest BCUT2D eigenvalue weighted by atomic mass is 9.98. The minimum atomic E-state index is -0.737. The number of hydrogen-bond acceptors (Lipinski definition) is 4. The fourth-order valence-corrected chi connectivity index (χ4v) is 3.89. The van der Waals surface area contributed by atoms with Crippen LogP contribution in [0.1, 0.15) is 22.9 Å². The monoisotopic (exact) mass is 423 g/mol. The summed E-state index contributed by atoms with van der Waals surface area (Å²) < 4.78 is 5.63. The highest BCUT2D eigenvalue weighted by Gasteiger charge is 2.27. The smallest absolute Gasteiger partial charge is 0.313 e. The van der Waals surface area contributed by atoms with Crippen LogP contribution >= 0.6 is 11.6 Å². The molecule has 0 saturated carbocycles. The van der Waals surface area contributed by atoms with Crippen molar-refractivity contribution in [3.63, 3.8) is 0 Å². The molecule has 4 rings (SSSR count). The third-order valence-corrected chi connectivity index (χ3v) is 5.45. The van der Waals surface area contributed by atoms with Gasteiger partial charge >= 0.3 is 11.8 Å². The molecule has 1 aliphatic heterocycles. The van der Waals surface area contributed by atoms with E-state index in [-0.39, 0.29) is 12.6 Å². The lowest BCUT2D eigenvalue weighted by Crippen LogP contribution is -2.43. The van der Waals surface area contributed by atoms with E-state index in [1.165, 1.54) is 11.1 Å². The molecule has 0 fully saturated rings. The predicted molar refractivity (Wildman–Crippen MR) is 115 cm³/mol. The zero-order valence-electron chi connectivity index (χ0n) is 16.3. The zero-order chi connectivity index (χ0) is 20.9. The van der Waals surface area contributed by atoms with Crippen molar-refractivity contribution in [2.24, 2.45) is 0 Å².